The highest BCUT2D eigenvalue weighted by molar-refractivity contribution is 6.09. The van der Waals surface area contributed by atoms with Crippen molar-refractivity contribution in [2.24, 2.45) is 9.98 Å². The molecule has 5 aromatic rings. The molecule has 1 N–H and O–H groups in total. The fourth-order valence-corrected chi connectivity index (χ4v) is 6.65. The Morgan fingerprint density at radius 3 is 1.22 bits per heavy atom. The van der Waals surface area contributed by atoms with E-state index in [-0.39, 0.29) is 5.75 Å². The second-order valence-electron chi connectivity index (χ2n) is 11.8. The van der Waals surface area contributed by atoms with Gasteiger partial charge in [0.1, 0.15) is 49.9 Å². The minimum atomic E-state index is 0.200. The fraction of sp³-hybridized carbons (Fsp3) is 0.100. The molecule has 220 valence electrons. The van der Waals surface area contributed by atoms with Crippen LogP contribution in [0.4, 0.5) is 0 Å². The molecule has 0 unspecified atom stereocenters. The summed E-state index contributed by atoms with van der Waals surface area (Å²) in [5.74, 6) is 1.90. The van der Waals surface area contributed by atoms with E-state index in [9.17, 15) is 5.11 Å². The highest BCUT2D eigenvalue weighted by Gasteiger charge is 2.44. The van der Waals surface area contributed by atoms with Crippen LogP contribution in [0.1, 0.15) is 33.4 Å². The van der Waals surface area contributed by atoms with Crippen LogP contribution in [0.2, 0.25) is 0 Å². The van der Waals surface area contributed by atoms with E-state index in [0.29, 0.717) is 22.1 Å². The smallest absolute Gasteiger partial charge is 0.245 e. The van der Waals surface area contributed by atoms with Crippen molar-refractivity contribution in [1.29, 1.82) is 0 Å². The third kappa shape index (κ3) is 5.79. The Bertz CT molecular complexity index is 1810. The van der Waals surface area contributed by atoms with Crippen molar-refractivity contribution in [2.45, 2.75) is 26.2 Å². The van der Waals surface area contributed by atoms with Crippen molar-refractivity contribution >= 4 is 11.7 Å². The Morgan fingerprint density at radius 2 is 0.800 bits per heavy atom. The SMILES string of the molecule is Oc1cccc(C2=NC=C[N+]2(Cc2ccccc2)Cc2ccccc2)c1C1=NC=C[N+]1(Cc1ccccc1)Cc1ccccc1. The van der Waals surface area contributed by atoms with Gasteiger partial charge in [-0.1, -0.05) is 127 Å². The largest absolute Gasteiger partial charge is 0.507 e. The molecule has 5 aromatic carbocycles. The molecule has 5 nitrogen and oxygen atoms in total. The van der Waals surface area contributed by atoms with E-state index >= 15 is 0 Å². The molecule has 0 saturated carbocycles. The number of rotatable bonds is 10. The van der Waals surface area contributed by atoms with Gasteiger partial charge in [0.25, 0.3) is 0 Å². The van der Waals surface area contributed by atoms with Gasteiger partial charge >= 0.3 is 0 Å². The Hall–Kier alpha value is -5.36. The summed E-state index contributed by atoms with van der Waals surface area (Å²) in [6.45, 7) is 2.83. The second-order valence-corrected chi connectivity index (χ2v) is 11.8. The predicted molar refractivity (Wildman–Crippen MR) is 181 cm³/mol. The standard InChI is InChI=1S/C40H35N4O/c45-37-23-13-22-36(39-41-24-26-43(39,28-32-14-5-1-6-15-32)29-33-16-7-2-8-17-33)38(37)40-42-25-27-44(40,30-34-18-9-3-10-19-34)31-35-20-11-4-12-21-35/h1-27H,28-31H2/q+1/p+1. The zero-order chi connectivity index (χ0) is 30.5. The summed E-state index contributed by atoms with van der Waals surface area (Å²) >= 11 is 0. The molecule has 7 rings (SSSR count). The van der Waals surface area contributed by atoms with Crippen molar-refractivity contribution in [3.05, 3.63) is 198 Å². The first-order chi connectivity index (χ1) is 22.1. The summed E-state index contributed by atoms with van der Waals surface area (Å²) in [6, 6.07) is 47.9. The lowest BCUT2D eigenvalue weighted by molar-refractivity contribution is -0.815. The van der Waals surface area contributed by atoms with Gasteiger partial charge in [0, 0.05) is 22.3 Å². The second kappa shape index (κ2) is 12.3. The normalized spacial score (nSPS) is 16.0. The summed E-state index contributed by atoms with van der Waals surface area (Å²) in [5, 5.41) is 11.7. The van der Waals surface area contributed by atoms with Gasteiger partial charge in [0.05, 0.1) is 18.0 Å². The van der Waals surface area contributed by atoms with Crippen LogP contribution < -0.4 is 0 Å². The number of hydrogen-bond donors (Lipinski definition) is 1. The highest BCUT2D eigenvalue weighted by Crippen LogP contribution is 2.38. The Morgan fingerprint density at radius 1 is 0.422 bits per heavy atom. The number of benzene rings is 5. The third-order valence-electron chi connectivity index (χ3n) is 8.68. The van der Waals surface area contributed by atoms with Crippen LogP contribution in [0.15, 0.2) is 174 Å². The molecule has 0 atom stereocenters. The number of phenols is 1. The zero-order valence-corrected chi connectivity index (χ0v) is 25.2. The van der Waals surface area contributed by atoms with Crippen LogP contribution in [-0.4, -0.2) is 25.7 Å². The van der Waals surface area contributed by atoms with E-state index in [1.807, 2.05) is 30.6 Å². The summed E-state index contributed by atoms with van der Waals surface area (Å²) in [4.78, 5) is 10.1. The minimum Gasteiger partial charge on any atom is -0.507 e. The Balaban J connectivity index is 1.36. The first kappa shape index (κ1) is 28.4. The van der Waals surface area contributed by atoms with Gasteiger partial charge in [-0.25, -0.2) is 8.97 Å². The third-order valence-corrected chi connectivity index (χ3v) is 8.68. The van der Waals surface area contributed by atoms with Crippen LogP contribution >= 0.6 is 0 Å². The molecular formula is C40H36N4O+2. The molecule has 0 aromatic heterocycles. The number of aromatic hydroxyl groups is 1. The van der Waals surface area contributed by atoms with E-state index in [0.717, 1.165) is 35.9 Å². The molecule has 0 aliphatic carbocycles. The molecule has 2 heterocycles. The van der Waals surface area contributed by atoms with E-state index < -0.39 is 0 Å². The lowest BCUT2D eigenvalue weighted by Gasteiger charge is -2.36. The number of phenolic OH excluding ortho intramolecular Hbond substituents is 1. The summed E-state index contributed by atoms with van der Waals surface area (Å²) in [6.07, 6.45) is 8.16. The van der Waals surface area contributed by atoms with Crippen LogP contribution in [0.5, 0.6) is 5.75 Å². The predicted octanol–water partition coefficient (Wildman–Crippen LogP) is 8.29. The van der Waals surface area contributed by atoms with Gasteiger partial charge in [-0.05, 0) is 12.1 Å². The van der Waals surface area contributed by atoms with Crippen LogP contribution in [-0.2, 0) is 26.2 Å². The molecule has 0 bridgehead atoms. The molecule has 0 amide bonds. The maximum absolute atomic E-state index is 11.7. The van der Waals surface area contributed by atoms with E-state index in [1.165, 1.54) is 22.3 Å². The Labute approximate surface area is 264 Å². The first-order valence-electron chi connectivity index (χ1n) is 15.4. The molecule has 45 heavy (non-hydrogen) atoms. The summed E-state index contributed by atoms with van der Waals surface area (Å²) < 4.78 is 0.930. The van der Waals surface area contributed by atoms with Crippen molar-refractivity contribution in [2.75, 3.05) is 0 Å². The number of amidine groups is 2. The quantitative estimate of drug-likeness (QED) is 0.164. The lowest BCUT2D eigenvalue weighted by atomic mass is 9.98. The van der Waals surface area contributed by atoms with Gasteiger partial charge in [-0.15, -0.1) is 0 Å². The van der Waals surface area contributed by atoms with E-state index in [4.69, 9.17) is 9.98 Å². The fourth-order valence-electron chi connectivity index (χ4n) is 6.65. The van der Waals surface area contributed by atoms with Crippen molar-refractivity contribution < 1.29 is 14.1 Å². The van der Waals surface area contributed by atoms with Crippen LogP contribution in [0.25, 0.3) is 0 Å². The van der Waals surface area contributed by atoms with Gasteiger partial charge in [-0.3, -0.25) is 0 Å². The molecule has 2 aliphatic heterocycles. The highest BCUT2D eigenvalue weighted by atomic mass is 16.3. The Kier molecular flexibility index (Phi) is 7.78. The molecule has 0 fully saturated rings. The molecule has 5 heteroatoms. The van der Waals surface area contributed by atoms with Gasteiger partial charge in [0.2, 0.25) is 11.7 Å². The van der Waals surface area contributed by atoms with Crippen LogP contribution in [0.3, 0.4) is 0 Å². The van der Waals surface area contributed by atoms with Gasteiger partial charge in [0.15, 0.2) is 0 Å². The monoisotopic (exact) mass is 588 g/mol. The maximum atomic E-state index is 11.7. The molecule has 0 spiro atoms. The van der Waals surface area contributed by atoms with Crippen LogP contribution in [0, 0.1) is 0 Å². The first-order valence-corrected chi connectivity index (χ1v) is 15.4. The zero-order valence-electron chi connectivity index (χ0n) is 25.2. The molecule has 0 saturated heterocycles. The molecule has 2 aliphatic rings. The summed E-state index contributed by atoms with van der Waals surface area (Å²) in [5.41, 5.74) is 6.43. The molecular weight excluding hydrogens is 552 g/mol. The van der Waals surface area contributed by atoms with Crippen molar-refractivity contribution in [1.82, 2.24) is 0 Å². The number of quaternary nitrogens is 2. The van der Waals surface area contributed by atoms with Crippen molar-refractivity contribution in [3.63, 3.8) is 0 Å². The molecule has 0 radical (unpaired) electrons. The maximum Gasteiger partial charge on any atom is 0.245 e. The average Bonchev–Trinajstić information content (AvgIpc) is 3.66. The lowest BCUT2D eigenvalue weighted by Crippen LogP contribution is -2.48. The average molecular weight is 589 g/mol. The van der Waals surface area contributed by atoms with E-state index in [1.54, 1.807) is 6.07 Å². The topological polar surface area (TPSA) is 45.0 Å². The van der Waals surface area contributed by atoms with Gasteiger partial charge in [-0.2, -0.15) is 9.98 Å². The number of hydrogen-bond acceptors (Lipinski definition) is 3. The van der Waals surface area contributed by atoms with Gasteiger partial charge < -0.3 is 5.11 Å². The van der Waals surface area contributed by atoms with E-state index in [2.05, 4.69) is 128 Å². The summed E-state index contributed by atoms with van der Waals surface area (Å²) in [7, 11) is 0. The number of nitrogens with zero attached hydrogens (tertiary/aromatic N) is 4. The van der Waals surface area contributed by atoms with Crippen molar-refractivity contribution in [3.8, 4) is 5.75 Å². The minimum absolute atomic E-state index is 0.200. The number of aliphatic imine (C=N–C) groups is 2.